The van der Waals surface area contributed by atoms with E-state index in [1.54, 1.807) is 6.33 Å². The summed E-state index contributed by atoms with van der Waals surface area (Å²) in [5.41, 5.74) is 3.06. The summed E-state index contributed by atoms with van der Waals surface area (Å²) in [5.74, 6) is 0.622. The third-order valence-electron chi connectivity index (χ3n) is 4.92. The van der Waals surface area contributed by atoms with Gasteiger partial charge in [-0.05, 0) is 44.2 Å². The van der Waals surface area contributed by atoms with E-state index in [9.17, 15) is 4.79 Å². The Balaban J connectivity index is 1.83. The summed E-state index contributed by atoms with van der Waals surface area (Å²) in [4.78, 5) is 23.0. The lowest BCUT2D eigenvalue weighted by molar-refractivity contribution is 0.315. The number of hydrogen-bond donors (Lipinski definition) is 0. The number of aryl methyl sites for hydroxylation is 2. The molecule has 120 valence electrons. The van der Waals surface area contributed by atoms with Crippen LogP contribution in [0, 0.1) is 19.8 Å². The van der Waals surface area contributed by atoms with Gasteiger partial charge in [0.2, 0.25) is 0 Å². The smallest absolute Gasteiger partial charge is 0.271 e. The molecular weight excluding hydrogens is 306 g/mol. The maximum absolute atomic E-state index is 12.9. The lowest BCUT2D eigenvalue weighted by Gasteiger charge is -2.21. The minimum absolute atomic E-state index is 0.0978. The van der Waals surface area contributed by atoms with Crippen LogP contribution in [0.3, 0.4) is 0 Å². The fourth-order valence-electron chi connectivity index (χ4n) is 3.78. The van der Waals surface area contributed by atoms with E-state index >= 15 is 0 Å². The molecule has 4 nitrogen and oxygen atoms in total. The Bertz CT molecular complexity index is 935. The fraction of sp³-hybridized carbons (Fsp3) is 0.500. The molecule has 0 aromatic carbocycles. The quantitative estimate of drug-likeness (QED) is 0.708. The molecule has 0 unspecified atom stereocenters. The summed E-state index contributed by atoms with van der Waals surface area (Å²) >= 11 is 1.49. The number of aromatic nitrogens is 3. The van der Waals surface area contributed by atoms with Crippen molar-refractivity contribution in [2.75, 3.05) is 0 Å². The molecule has 0 aliphatic heterocycles. The molecule has 1 aliphatic rings. The molecule has 0 bridgehead atoms. The summed E-state index contributed by atoms with van der Waals surface area (Å²) in [7, 11) is 0. The van der Waals surface area contributed by atoms with Crippen molar-refractivity contribution < 1.29 is 0 Å². The van der Waals surface area contributed by atoms with Crippen molar-refractivity contribution in [3.05, 3.63) is 34.0 Å². The van der Waals surface area contributed by atoms with Gasteiger partial charge in [0.25, 0.3) is 5.56 Å². The van der Waals surface area contributed by atoms with Crippen LogP contribution in [0.25, 0.3) is 20.4 Å². The van der Waals surface area contributed by atoms with Crippen molar-refractivity contribution in [1.82, 2.24) is 14.5 Å². The first-order chi connectivity index (χ1) is 11.1. The Morgan fingerprint density at radius 3 is 2.83 bits per heavy atom. The zero-order valence-electron chi connectivity index (χ0n) is 13.6. The number of hydrogen-bond acceptors (Lipinski definition) is 4. The predicted octanol–water partition coefficient (Wildman–Crippen LogP) is 4.20. The average Bonchev–Trinajstić information content (AvgIpc) is 2.90. The summed E-state index contributed by atoms with van der Waals surface area (Å²) in [6, 6.07) is 2.06. The normalized spacial score (nSPS) is 16.4. The molecule has 3 aromatic rings. The maximum atomic E-state index is 12.9. The van der Waals surface area contributed by atoms with E-state index in [2.05, 4.69) is 23.0 Å². The molecule has 1 aliphatic carbocycles. The summed E-state index contributed by atoms with van der Waals surface area (Å²) < 4.78 is 2.56. The number of thiophene rings is 1. The number of pyridine rings is 1. The van der Waals surface area contributed by atoms with Crippen molar-refractivity contribution in [3.63, 3.8) is 0 Å². The molecule has 0 amide bonds. The van der Waals surface area contributed by atoms with E-state index in [1.807, 2.05) is 11.5 Å². The third-order valence-corrected chi connectivity index (χ3v) is 5.98. The van der Waals surface area contributed by atoms with Gasteiger partial charge in [0, 0.05) is 17.6 Å². The van der Waals surface area contributed by atoms with Crippen molar-refractivity contribution >= 4 is 31.8 Å². The largest absolute Gasteiger partial charge is 0.298 e. The number of rotatable bonds is 2. The number of fused-ring (bicyclic) bond motifs is 3. The van der Waals surface area contributed by atoms with Gasteiger partial charge in [0.15, 0.2) is 0 Å². The Kier molecular flexibility index (Phi) is 3.68. The van der Waals surface area contributed by atoms with Crippen LogP contribution in [0.2, 0.25) is 0 Å². The fourth-order valence-corrected chi connectivity index (χ4v) is 4.98. The topological polar surface area (TPSA) is 47.8 Å². The van der Waals surface area contributed by atoms with Gasteiger partial charge in [-0.1, -0.05) is 19.3 Å². The SMILES string of the molecule is Cc1cc(C)c2c(n1)sc1c(=O)n(CC3CCCCC3)cnc12. The van der Waals surface area contributed by atoms with Gasteiger partial charge in [-0.2, -0.15) is 0 Å². The highest BCUT2D eigenvalue weighted by Gasteiger charge is 2.18. The second kappa shape index (κ2) is 5.71. The van der Waals surface area contributed by atoms with Crippen molar-refractivity contribution in [2.24, 2.45) is 5.92 Å². The van der Waals surface area contributed by atoms with Gasteiger partial charge in [-0.15, -0.1) is 11.3 Å². The van der Waals surface area contributed by atoms with Gasteiger partial charge in [0.05, 0.1) is 11.8 Å². The maximum Gasteiger partial charge on any atom is 0.271 e. The molecule has 3 aromatic heterocycles. The van der Waals surface area contributed by atoms with Gasteiger partial charge >= 0.3 is 0 Å². The van der Waals surface area contributed by atoms with Crippen molar-refractivity contribution in [2.45, 2.75) is 52.5 Å². The van der Waals surface area contributed by atoms with Gasteiger partial charge < -0.3 is 0 Å². The highest BCUT2D eigenvalue weighted by molar-refractivity contribution is 7.25. The van der Waals surface area contributed by atoms with E-state index in [1.165, 1.54) is 43.4 Å². The summed E-state index contributed by atoms with van der Waals surface area (Å²) in [6.45, 7) is 4.87. The first-order valence-electron chi connectivity index (χ1n) is 8.39. The van der Waals surface area contributed by atoms with Crippen LogP contribution in [0.5, 0.6) is 0 Å². The van der Waals surface area contributed by atoms with Gasteiger partial charge in [-0.25, -0.2) is 9.97 Å². The Labute approximate surface area is 139 Å². The molecule has 23 heavy (non-hydrogen) atoms. The van der Waals surface area contributed by atoms with E-state index in [0.717, 1.165) is 38.2 Å². The molecule has 0 N–H and O–H groups in total. The molecule has 0 spiro atoms. The second-order valence-corrected chi connectivity index (χ2v) is 7.75. The standard InChI is InChI=1S/C18H21N3OS/c1-11-8-12(2)20-17-14(11)15-16(23-17)18(22)21(10-19-15)9-13-6-4-3-5-7-13/h8,10,13H,3-7,9H2,1-2H3. The van der Waals surface area contributed by atoms with E-state index in [0.29, 0.717) is 5.92 Å². The van der Waals surface area contributed by atoms with Crippen LogP contribution in [-0.2, 0) is 6.54 Å². The van der Waals surface area contributed by atoms with E-state index < -0.39 is 0 Å². The number of nitrogens with zero attached hydrogens (tertiary/aromatic N) is 3. The third kappa shape index (κ3) is 2.57. The molecule has 1 fully saturated rings. The van der Waals surface area contributed by atoms with Crippen LogP contribution in [0.4, 0.5) is 0 Å². The highest BCUT2D eigenvalue weighted by Crippen LogP contribution is 2.32. The molecule has 0 radical (unpaired) electrons. The van der Waals surface area contributed by atoms with E-state index in [-0.39, 0.29) is 5.56 Å². The molecule has 1 saturated carbocycles. The average molecular weight is 327 g/mol. The van der Waals surface area contributed by atoms with Crippen LogP contribution < -0.4 is 5.56 Å². The summed E-state index contributed by atoms with van der Waals surface area (Å²) in [5, 5.41) is 1.04. The van der Waals surface area contributed by atoms with Crippen LogP contribution in [-0.4, -0.2) is 14.5 Å². The molecule has 3 heterocycles. The Hall–Kier alpha value is -1.75. The molecule has 0 atom stereocenters. The van der Waals surface area contributed by atoms with Crippen LogP contribution in [0.15, 0.2) is 17.2 Å². The molecular formula is C18H21N3OS. The lowest BCUT2D eigenvalue weighted by atomic mass is 9.89. The zero-order valence-corrected chi connectivity index (χ0v) is 14.4. The van der Waals surface area contributed by atoms with Crippen molar-refractivity contribution in [3.8, 4) is 0 Å². The highest BCUT2D eigenvalue weighted by atomic mass is 32.1. The molecule has 5 heteroatoms. The molecule has 0 saturated heterocycles. The minimum atomic E-state index is 0.0978. The summed E-state index contributed by atoms with van der Waals surface area (Å²) in [6.07, 6.45) is 8.13. The predicted molar refractivity (Wildman–Crippen MR) is 95.2 cm³/mol. The van der Waals surface area contributed by atoms with E-state index in [4.69, 9.17) is 0 Å². The zero-order chi connectivity index (χ0) is 16.0. The Morgan fingerprint density at radius 2 is 2.04 bits per heavy atom. The van der Waals surface area contributed by atoms with Gasteiger partial charge in [-0.3, -0.25) is 9.36 Å². The second-order valence-electron chi connectivity index (χ2n) is 6.75. The minimum Gasteiger partial charge on any atom is -0.298 e. The lowest BCUT2D eigenvalue weighted by Crippen LogP contribution is -2.24. The van der Waals surface area contributed by atoms with Crippen LogP contribution in [0.1, 0.15) is 43.4 Å². The van der Waals surface area contributed by atoms with Gasteiger partial charge in [0.1, 0.15) is 9.53 Å². The van der Waals surface area contributed by atoms with Crippen LogP contribution >= 0.6 is 11.3 Å². The first-order valence-corrected chi connectivity index (χ1v) is 9.21. The van der Waals surface area contributed by atoms with Crippen molar-refractivity contribution in [1.29, 1.82) is 0 Å². The molecule has 4 rings (SSSR count). The monoisotopic (exact) mass is 327 g/mol. The Morgan fingerprint density at radius 1 is 1.26 bits per heavy atom. The first kappa shape index (κ1) is 14.8.